The first kappa shape index (κ1) is 14.6. The van der Waals surface area contributed by atoms with Crippen molar-refractivity contribution in [2.24, 2.45) is 0 Å². The topological polar surface area (TPSA) is 86.6 Å². The Morgan fingerprint density at radius 2 is 1.19 bits per heavy atom. The lowest BCUT2D eigenvalue weighted by Crippen LogP contribution is -2.18. The molecule has 1 saturated heterocycles. The number of nitrogens with one attached hydrogen (secondary N) is 1. The quantitative estimate of drug-likeness (QED) is 0.620. The molecule has 16 heavy (non-hydrogen) atoms. The zero-order valence-corrected chi connectivity index (χ0v) is 9.32. The smallest absolute Gasteiger partial charge is 0.328 e. The standard InChI is InChI=1S/C7H15N.C4H4O4/c1-2-4-6-8-7-5-3-1;5-3(6)1-2-4(7)8/h8H,1-7H2;1-2H,(H,5,6)(H,7,8)/b;2-1+. The molecule has 0 atom stereocenters. The van der Waals surface area contributed by atoms with Gasteiger partial charge < -0.3 is 15.5 Å². The summed E-state index contributed by atoms with van der Waals surface area (Å²) < 4.78 is 0. The van der Waals surface area contributed by atoms with Crippen LogP contribution in [0.2, 0.25) is 0 Å². The molecule has 1 rings (SSSR count). The van der Waals surface area contributed by atoms with Crippen molar-refractivity contribution < 1.29 is 19.8 Å². The Balaban J connectivity index is 0.000000281. The number of hydrogen-bond donors (Lipinski definition) is 3. The molecule has 5 nitrogen and oxygen atoms in total. The molecular formula is C11H19NO4. The van der Waals surface area contributed by atoms with Crippen LogP contribution in [-0.2, 0) is 9.59 Å². The van der Waals surface area contributed by atoms with Gasteiger partial charge in [0.1, 0.15) is 0 Å². The fraction of sp³-hybridized carbons (Fsp3) is 0.636. The predicted octanol–water partition coefficient (Wildman–Crippen LogP) is 1.25. The normalized spacial score (nSPS) is 16.8. The lowest BCUT2D eigenvalue weighted by atomic mass is 10.1. The van der Waals surface area contributed by atoms with E-state index in [1.807, 2.05) is 0 Å². The van der Waals surface area contributed by atoms with Crippen LogP contribution in [-0.4, -0.2) is 35.2 Å². The number of rotatable bonds is 2. The largest absolute Gasteiger partial charge is 0.478 e. The summed E-state index contributed by atoms with van der Waals surface area (Å²) in [5.74, 6) is -2.51. The van der Waals surface area contributed by atoms with E-state index in [4.69, 9.17) is 10.2 Å². The van der Waals surface area contributed by atoms with Crippen molar-refractivity contribution in [3.63, 3.8) is 0 Å². The molecule has 0 radical (unpaired) electrons. The van der Waals surface area contributed by atoms with Crippen molar-refractivity contribution >= 4 is 11.9 Å². The molecule has 0 bridgehead atoms. The summed E-state index contributed by atoms with van der Waals surface area (Å²) in [5, 5.41) is 19.0. The Morgan fingerprint density at radius 1 is 0.812 bits per heavy atom. The Bertz CT molecular complexity index is 198. The molecule has 0 saturated carbocycles. The van der Waals surface area contributed by atoms with E-state index in [2.05, 4.69) is 5.32 Å². The molecule has 0 spiro atoms. The highest BCUT2D eigenvalue weighted by atomic mass is 16.4. The van der Waals surface area contributed by atoms with Crippen molar-refractivity contribution in [3.05, 3.63) is 12.2 Å². The van der Waals surface area contributed by atoms with Gasteiger partial charge in [-0.25, -0.2) is 9.59 Å². The van der Waals surface area contributed by atoms with Crippen LogP contribution in [0.3, 0.4) is 0 Å². The van der Waals surface area contributed by atoms with E-state index in [0.29, 0.717) is 12.2 Å². The van der Waals surface area contributed by atoms with Crippen LogP contribution in [0.1, 0.15) is 32.1 Å². The second-order valence-corrected chi connectivity index (χ2v) is 3.53. The van der Waals surface area contributed by atoms with Crippen molar-refractivity contribution in [1.82, 2.24) is 5.32 Å². The van der Waals surface area contributed by atoms with E-state index >= 15 is 0 Å². The van der Waals surface area contributed by atoms with E-state index in [0.717, 1.165) is 0 Å². The fourth-order valence-electron chi connectivity index (χ4n) is 1.30. The minimum atomic E-state index is -1.26. The van der Waals surface area contributed by atoms with E-state index in [-0.39, 0.29) is 0 Å². The van der Waals surface area contributed by atoms with Gasteiger partial charge in [0.2, 0.25) is 0 Å². The maximum absolute atomic E-state index is 9.55. The molecule has 0 aromatic rings. The van der Waals surface area contributed by atoms with Gasteiger partial charge in [-0.1, -0.05) is 19.3 Å². The Kier molecular flexibility index (Phi) is 9.30. The first-order valence-electron chi connectivity index (χ1n) is 5.47. The second-order valence-electron chi connectivity index (χ2n) is 3.53. The third-order valence-electron chi connectivity index (χ3n) is 2.08. The van der Waals surface area contributed by atoms with E-state index < -0.39 is 11.9 Å². The van der Waals surface area contributed by atoms with Gasteiger partial charge in [0, 0.05) is 12.2 Å². The SMILES string of the molecule is C1CCCNCCC1.O=C(O)/C=C/C(=O)O. The van der Waals surface area contributed by atoms with Gasteiger partial charge >= 0.3 is 11.9 Å². The summed E-state index contributed by atoms with van der Waals surface area (Å²) >= 11 is 0. The lowest BCUT2D eigenvalue weighted by molar-refractivity contribution is -0.134. The molecule has 0 aromatic carbocycles. The summed E-state index contributed by atoms with van der Waals surface area (Å²) in [6.07, 6.45) is 8.23. The van der Waals surface area contributed by atoms with Gasteiger partial charge in [-0.05, 0) is 25.9 Å². The van der Waals surface area contributed by atoms with E-state index in [1.54, 1.807) is 0 Å². The molecular weight excluding hydrogens is 210 g/mol. The van der Waals surface area contributed by atoms with Crippen molar-refractivity contribution in [2.45, 2.75) is 32.1 Å². The Hall–Kier alpha value is -1.36. The third-order valence-corrected chi connectivity index (χ3v) is 2.08. The summed E-state index contributed by atoms with van der Waals surface area (Å²) in [7, 11) is 0. The summed E-state index contributed by atoms with van der Waals surface area (Å²) in [4.78, 5) is 19.1. The van der Waals surface area contributed by atoms with Gasteiger partial charge in [0.05, 0.1) is 0 Å². The molecule has 1 aliphatic heterocycles. The maximum Gasteiger partial charge on any atom is 0.328 e. The number of carbonyl (C=O) groups is 2. The van der Waals surface area contributed by atoms with Crippen LogP contribution < -0.4 is 5.32 Å². The average Bonchev–Trinajstić information content (AvgIpc) is 2.14. The summed E-state index contributed by atoms with van der Waals surface area (Å²) in [5.41, 5.74) is 0. The zero-order chi connectivity index (χ0) is 12.2. The summed E-state index contributed by atoms with van der Waals surface area (Å²) in [6.45, 7) is 2.50. The van der Waals surface area contributed by atoms with Crippen molar-refractivity contribution in [2.75, 3.05) is 13.1 Å². The van der Waals surface area contributed by atoms with Gasteiger partial charge in [0.25, 0.3) is 0 Å². The fourth-order valence-corrected chi connectivity index (χ4v) is 1.30. The van der Waals surface area contributed by atoms with Crippen LogP contribution in [0.4, 0.5) is 0 Å². The maximum atomic E-state index is 9.55. The molecule has 0 amide bonds. The van der Waals surface area contributed by atoms with Crippen LogP contribution in [0, 0.1) is 0 Å². The van der Waals surface area contributed by atoms with Gasteiger partial charge in [0.15, 0.2) is 0 Å². The molecule has 0 aromatic heterocycles. The van der Waals surface area contributed by atoms with Crippen molar-refractivity contribution in [1.29, 1.82) is 0 Å². The molecule has 5 heteroatoms. The third kappa shape index (κ3) is 12.6. The molecule has 0 unspecified atom stereocenters. The monoisotopic (exact) mass is 229 g/mol. The molecule has 3 N–H and O–H groups in total. The Morgan fingerprint density at radius 3 is 1.56 bits per heavy atom. The average molecular weight is 229 g/mol. The van der Waals surface area contributed by atoms with Crippen LogP contribution in [0.25, 0.3) is 0 Å². The first-order chi connectivity index (χ1) is 7.63. The number of carboxylic acid groups (broad SMARTS) is 2. The summed E-state index contributed by atoms with van der Waals surface area (Å²) in [6, 6.07) is 0. The van der Waals surface area contributed by atoms with Crippen LogP contribution >= 0.6 is 0 Å². The highest BCUT2D eigenvalue weighted by Gasteiger charge is 1.94. The minimum absolute atomic E-state index is 0.558. The second kappa shape index (κ2) is 10.2. The molecule has 1 heterocycles. The molecule has 92 valence electrons. The molecule has 0 aliphatic carbocycles. The van der Waals surface area contributed by atoms with Crippen molar-refractivity contribution in [3.8, 4) is 0 Å². The molecule has 1 aliphatic rings. The van der Waals surface area contributed by atoms with Crippen LogP contribution in [0.15, 0.2) is 12.2 Å². The predicted molar refractivity (Wildman–Crippen MR) is 60.4 cm³/mol. The lowest BCUT2D eigenvalue weighted by Gasteiger charge is -2.08. The van der Waals surface area contributed by atoms with Gasteiger partial charge in [-0.15, -0.1) is 0 Å². The number of carboxylic acids is 2. The van der Waals surface area contributed by atoms with Crippen LogP contribution in [0.5, 0.6) is 0 Å². The number of aliphatic carboxylic acids is 2. The number of hydrogen-bond acceptors (Lipinski definition) is 3. The van der Waals surface area contributed by atoms with E-state index in [1.165, 1.54) is 45.2 Å². The zero-order valence-electron chi connectivity index (χ0n) is 9.32. The van der Waals surface area contributed by atoms with Gasteiger partial charge in [-0.2, -0.15) is 0 Å². The molecule has 1 fully saturated rings. The minimum Gasteiger partial charge on any atom is -0.478 e. The highest BCUT2D eigenvalue weighted by Crippen LogP contribution is 2.03. The van der Waals surface area contributed by atoms with E-state index in [9.17, 15) is 9.59 Å². The highest BCUT2D eigenvalue weighted by molar-refractivity contribution is 5.89. The Labute approximate surface area is 95.2 Å². The van der Waals surface area contributed by atoms with Gasteiger partial charge in [-0.3, -0.25) is 0 Å². The first-order valence-corrected chi connectivity index (χ1v) is 5.47.